The van der Waals surface area contributed by atoms with Gasteiger partial charge < -0.3 is 10.1 Å². The number of carbonyl (C=O) groups excluding carboxylic acids is 1. The SMILES string of the molecule is CCOC(=O)NCc1cccc(-c2ccc(S(=O)(=O)CC(C)(C)c3cn[nH]n3)cc2)c1. The first-order valence-corrected chi connectivity index (χ1v) is 11.6. The second-order valence-corrected chi connectivity index (χ2v) is 9.79. The van der Waals surface area contributed by atoms with Crippen molar-refractivity contribution in [1.29, 1.82) is 0 Å². The van der Waals surface area contributed by atoms with Gasteiger partial charge in [0.15, 0.2) is 9.84 Å². The minimum atomic E-state index is -3.52. The van der Waals surface area contributed by atoms with Crippen molar-refractivity contribution < 1.29 is 17.9 Å². The topological polar surface area (TPSA) is 114 Å². The molecule has 2 N–H and O–H groups in total. The van der Waals surface area contributed by atoms with Crippen molar-refractivity contribution in [3.05, 3.63) is 66.0 Å². The van der Waals surface area contributed by atoms with Crippen LogP contribution in [0.15, 0.2) is 59.6 Å². The summed E-state index contributed by atoms with van der Waals surface area (Å²) < 4.78 is 30.7. The number of sulfone groups is 1. The number of aromatic amines is 1. The van der Waals surface area contributed by atoms with Crippen LogP contribution in [0.2, 0.25) is 0 Å². The highest BCUT2D eigenvalue weighted by molar-refractivity contribution is 7.91. The van der Waals surface area contributed by atoms with Crippen LogP contribution < -0.4 is 5.32 Å². The number of nitrogens with zero attached hydrogens (tertiary/aromatic N) is 2. The fraction of sp³-hybridized carbons (Fsp3) is 0.318. The van der Waals surface area contributed by atoms with E-state index in [1.165, 1.54) is 0 Å². The Labute approximate surface area is 182 Å². The predicted octanol–water partition coefficient (Wildman–Crippen LogP) is 3.47. The molecule has 0 aliphatic carbocycles. The molecule has 3 aromatic rings. The molecule has 0 spiro atoms. The minimum Gasteiger partial charge on any atom is -0.450 e. The Balaban J connectivity index is 1.74. The van der Waals surface area contributed by atoms with Crippen molar-refractivity contribution >= 4 is 15.9 Å². The molecule has 0 fully saturated rings. The van der Waals surface area contributed by atoms with Gasteiger partial charge in [-0.1, -0.05) is 44.2 Å². The zero-order chi connectivity index (χ0) is 22.5. The summed E-state index contributed by atoms with van der Waals surface area (Å²) in [5, 5.41) is 13.0. The lowest BCUT2D eigenvalue weighted by molar-refractivity contribution is 0.151. The molecule has 1 amide bonds. The molecule has 0 aliphatic heterocycles. The van der Waals surface area contributed by atoms with E-state index in [1.807, 2.05) is 38.1 Å². The number of H-pyrrole nitrogens is 1. The fourth-order valence-electron chi connectivity index (χ4n) is 3.23. The van der Waals surface area contributed by atoms with Gasteiger partial charge in [-0.25, -0.2) is 13.2 Å². The van der Waals surface area contributed by atoms with E-state index in [4.69, 9.17) is 4.74 Å². The van der Waals surface area contributed by atoms with Gasteiger partial charge in [0.25, 0.3) is 0 Å². The molecule has 0 saturated heterocycles. The Morgan fingerprint density at radius 3 is 2.52 bits per heavy atom. The summed E-state index contributed by atoms with van der Waals surface area (Å²) in [6.07, 6.45) is 1.08. The molecule has 1 aromatic heterocycles. The van der Waals surface area contributed by atoms with Crippen LogP contribution in [-0.4, -0.2) is 42.3 Å². The summed E-state index contributed by atoms with van der Waals surface area (Å²) in [5.74, 6) is -0.0824. The van der Waals surface area contributed by atoms with E-state index in [1.54, 1.807) is 37.4 Å². The number of benzene rings is 2. The zero-order valence-electron chi connectivity index (χ0n) is 17.8. The van der Waals surface area contributed by atoms with Crippen molar-refractivity contribution in [3.63, 3.8) is 0 Å². The molecule has 9 heteroatoms. The Hall–Kier alpha value is -3.20. The molecule has 0 saturated carbocycles. The number of nitrogens with one attached hydrogen (secondary N) is 2. The van der Waals surface area contributed by atoms with Gasteiger partial charge in [-0.05, 0) is 41.8 Å². The van der Waals surface area contributed by atoms with Gasteiger partial charge in [0.05, 0.1) is 29.1 Å². The third kappa shape index (κ3) is 5.69. The van der Waals surface area contributed by atoms with Gasteiger partial charge >= 0.3 is 6.09 Å². The van der Waals surface area contributed by atoms with Gasteiger partial charge in [-0.3, -0.25) is 0 Å². The summed E-state index contributed by atoms with van der Waals surface area (Å²) in [6, 6.07) is 14.5. The molecule has 0 aliphatic rings. The van der Waals surface area contributed by atoms with E-state index in [9.17, 15) is 13.2 Å². The number of carbonyl (C=O) groups is 1. The Morgan fingerprint density at radius 1 is 1.13 bits per heavy atom. The first-order chi connectivity index (χ1) is 14.7. The smallest absolute Gasteiger partial charge is 0.407 e. The van der Waals surface area contributed by atoms with Crippen LogP contribution in [0.5, 0.6) is 0 Å². The maximum absolute atomic E-state index is 12.9. The Bertz CT molecular complexity index is 1120. The maximum Gasteiger partial charge on any atom is 0.407 e. The highest BCUT2D eigenvalue weighted by Crippen LogP contribution is 2.28. The molecule has 31 heavy (non-hydrogen) atoms. The Kier molecular flexibility index (Phi) is 6.74. The second kappa shape index (κ2) is 9.30. The Morgan fingerprint density at radius 2 is 1.87 bits per heavy atom. The van der Waals surface area contributed by atoms with Crippen molar-refractivity contribution in [1.82, 2.24) is 20.7 Å². The second-order valence-electron chi connectivity index (χ2n) is 7.80. The highest BCUT2D eigenvalue weighted by Gasteiger charge is 2.31. The molecule has 3 rings (SSSR count). The molecule has 0 unspecified atom stereocenters. The standard InChI is InChI=1S/C22H26N4O4S/c1-4-30-21(27)23-13-16-6-5-7-18(12-16)17-8-10-19(11-9-17)31(28,29)15-22(2,3)20-14-24-26-25-20/h5-12,14H,4,13,15H2,1-3H3,(H,23,27)(H,24,25,26). The van der Waals surface area contributed by atoms with Crippen LogP contribution >= 0.6 is 0 Å². The van der Waals surface area contributed by atoms with Crippen LogP contribution in [-0.2, 0) is 26.5 Å². The van der Waals surface area contributed by atoms with Crippen LogP contribution in [0, 0.1) is 0 Å². The maximum atomic E-state index is 12.9. The minimum absolute atomic E-state index is 0.0824. The molecule has 164 valence electrons. The van der Waals surface area contributed by atoms with E-state index in [0.717, 1.165) is 16.7 Å². The van der Waals surface area contributed by atoms with Crippen molar-refractivity contribution in [2.75, 3.05) is 12.4 Å². The molecule has 0 atom stereocenters. The number of rotatable bonds is 8. The summed E-state index contributed by atoms with van der Waals surface area (Å²) in [6.45, 7) is 6.06. The van der Waals surface area contributed by atoms with E-state index in [0.29, 0.717) is 18.8 Å². The van der Waals surface area contributed by atoms with Crippen LogP contribution in [0.3, 0.4) is 0 Å². The number of alkyl carbamates (subject to hydrolysis) is 1. The number of ether oxygens (including phenoxy) is 1. The summed E-state index contributed by atoms with van der Waals surface area (Å²) in [4.78, 5) is 11.7. The van der Waals surface area contributed by atoms with E-state index in [-0.39, 0.29) is 10.6 Å². The molecular formula is C22H26N4O4S. The molecule has 8 nitrogen and oxygen atoms in total. The number of hydrogen-bond donors (Lipinski definition) is 2. The van der Waals surface area contributed by atoms with E-state index in [2.05, 4.69) is 20.7 Å². The summed E-state index contributed by atoms with van der Waals surface area (Å²) in [7, 11) is -3.52. The van der Waals surface area contributed by atoms with Crippen molar-refractivity contribution in [2.45, 2.75) is 37.6 Å². The van der Waals surface area contributed by atoms with Crippen LogP contribution in [0.4, 0.5) is 4.79 Å². The number of hydrogen-bond acceptors (Lipinski definition) is 6. The number of aromatic nitrogens is 3. The van der Waals surface area contributed by atoms with Gasteiger partial charge in [0.1, 0.15) is 0 Å². The first-order valence-electron chi connectivity index (χ1n) is 9.90. The van der Waals surface area contributed by atoms with Gasteiger partial charge in [-0.15, -0.1) is 0 Å². The molecular weight excluding hydrogens is 416 g/mol. The highest BCUT2D eigenvalue weighted by atomic mass is 32.2. The van der Waals surface area contributed by atoms with Crippen molar-refractivity contribution in [3.8, 4) is 11.1 Å². The lowest BCUT2D eigenvalue weighted by Gasteiger charge is -2.21. The average Bonchev–Trinajstić information content (AvgIpc) is 3.28. The molecule has 2 aromatic carbocycles. The molecule has 1 heterocycles. The predicted molar refractivity (Wildman–Crippen MR) is 117 cm³/mol. The average molecular weight is 443 g/mol. The van der Waals surface area contributed by atoms with E-state index >= 15 is 0 Å². The van der Waals surface area contributed by atoms with Crippen LogP contribution in [0.1, 0.15) is 32.0 Å². The third-order valence-corrected chi connectivity index (χ3v) is 6.94. The van der Waals surface area contributed by atoms with Gasteiger partial charge in [0, 0.05) is 12.0 Å². The van der Waals surface area contributed by atoms with Gasteiger partial charge in [0.2, 0.25) is 0 Å². The molecule has 0 bridgehead atoms. The normalized spacial score (nSPS) is 11.8. The third-order valence-electron chi connectivity index (χ3n) is 4.85. The quantitative estimate of drug-likeness (QED) is 0.552. The lowest BCUT2D eigenvalue weighted by atomic mass is 9.93. The van der Waals surface area contributed by atoms with Gasteiger partial charge in [-0.2, -0.15) is 15.4 Å². The zero-order valence-corrected chi connectivity index (χ0v) is 18.6. The van der Waals surface area contributed by atoms with E-state index < -0.39 is 21.3 Å². The lowest BCUT2D eigenvalue weighted by Crippen LogP contribution is -2.28. The number of amides is 1. The van der Waals surface area contributed by atoms with Crippen molar-refractivity contribution in [2.24, 2.45) is 0 Å². The fourth-order valence-corrected chi connectivity index (χ4v) is 5.05. The largest absolute Gasteiger partial charge is 0.450 e. The monoisotopic (exact) mass is 442 g/mol. The first kappa shape index (κ1) is 22.5. The summed E-state index contributed by atoms with van der Waals surface area (Å²) in [5.41, 5.74) is 2.64. The van der Waals surface area contributed by atoms with Crippen LogP contribution in [0.25, 0.3) is 11.1 Å². The summed E-state index contributed by atoms with van der Waals surface area (Å²) >= 11 is 0. The molecule has 0 radical (unpaired) electrons.